The summed E-state index contributed by atoms with van der Waals surface area (Å²) in [6.45, 7) is 4.25. The lowest BCUT2D eigenvalue weighted by molar-refractivity contribution is -0.137. The van der Waals surface area contributed by atoms with Gasteiger partial charge in [0.1, 0.15) is 0 Å². The maximum atomic E-state index is 11.7. The Morgan fingerprint density at radius 2 is 2.10 bits per heavy atom. The van der Waals surface area contributed by atoms with Gasteiger partial charge in [-0.2, -0.15) is 0 Å². The van der Waals surface area contributed by atoms with E-state index in [1.807, 2.05) is 19.9 Å². The van der Waals surface area contributed by atoms with Gasteiger partial charge in [-0.15, -0.1) is 11.3 Å². The number of carboxylic acids is 1. The van der Waals surface area contributed by atoms with Crippen LogP contribution in [0, 0.1) is 5.92 Å². The van der Waals surface area contributed by atoms with Gasteiger partial charge < -0.3 is 15.7 Å². The third kappa shape index (κ3) is 6.25. The highest BCUT2D eigenvalue weighted by Gasteiger charge is 2.12. The smallest absolute Gasteiger partial charge is 0.315 e. The van der Waals surface area contributed by atoms with Gasteiger partial charge in [0.2, 0.25) is 0 Å². The van der Waals surface area contributed by atoms with Crippen LogP contribution in [0.2, 0.25) is 4.34 Å². The van der Waals surface area contributed by atoms with Crippen LogP contribution in [-0.4, -0.2) is 23.7 Å². The van der Waals surface area contributed by atoms with E-state index in [1.165, 1.54) is 11.3 Å². The zero-order valence-electron chi connectivity index (χ0n) is 11.5. The third-order valence-corrected chi connectivity index (χ3v) is 4.24. The number of carbonyl (C=O) groups excluding carboxylic acids is 1. The van der Waals surface area contributed by atoms with Crippen LogP contribution in [0.4, 0.5) is 4.79 Å². The molecule has 0 saturated heterocycles. The van der Waals surface area contributed by atoms with Gasteiger partial charge in [0.25, 0.3) is 0 Å². The van der Waals surface area contributed by atoms with E-state index in [2.05, 4.69) is 10.6 Å². The van der Waals surface area contributed by atoms with Gasteiger partial charge in [0.15, 0.2) is 0 Å². The molecule has 7 heteroatoms. The Morgan fingerprint density at radius 3 is 2.65 bits per heavy atom. The van der Waals surface area contributed by atoms with Crippen LogP contribution < -0.4 is 10.6 Å². The Labute approximate surface area is 127 Å². The Kier molecular flexibility index (Phi) is 6.81. The standard InChI is InChI=1S/C13H19ClN2O3S/c1-8(3-6-12(17)18)7-15-13(19)16-9(2)10-4-5-11(14)20-10/h4-5,8-9H,3,6-7H2,1-2H3,(H,17,18)(H2,15,16,19). The van der Waals surface area contributed by atoms with Crippen LogP contribution in [-0.2, 0) is 4.79 Å². The van der Waals surface area contributed by atoms with Crippen LogP contribution >= 0.6 is 22.9 Å². The summed E-state index contributed by atoms with van der Waals surface area (Å²) in [5.41, 5.74) is 0. The number of hydrogen-bond acceptors (Lipinski definition) is 3. The van der Waals surface area contributed by atoms with Crippen molar-refractivity contribution in [2.45, 2.75) is 32.7 Å². The molecule has 0 bridgehead atoms. The molecular weight excluding hydrogens is 300 g/mol. The van der Waals surface area contributed by atoms with Gasteiger partial charge in [-0.1, -0.05) is 18.5 Å². The summed E-state index contributed by atoms with van der Waals surface area (Å²) in [7, 11) is 0. The highest BCUT2D eigenvalue weighted by molar-refractivity contribution is 7.16. The number of carbonyl (C=O) groups is 2. The SMILES string of the molecule is CC(CCC(=O)O)CNC(=O)NC(C)c1ccc(Cl)s1. The molecule has 0 spiro atoms. The zero-order valence-corrected chi connectivity index (χ0v) is 13.1. The van der Waals surface area contributed by atoms with E-state index in [1.54, 1.807) is 6.07 Å². The first-order valence-electron chi connectivity index (χ1n) is 6.40. The summed E-state index contributed by atoms with van der Waals surface area (Å²) < 4.78 is 0.691. The molecule has 3 N–H and O–H groups in total. The van der Waals surface area contributed by atoms with E-state index in [0.29, 0.717) is 17.3 Å². The quantitative estimate of drug-likeness (QED) is 0.722. The molecule has 0 radical (unpaired) electrons. The molecule has 1 rings (SSSR count). The summed E-state index contributed by atoms with van der Waals surface area (Å²) in [5, 5.41) is 14.1. The second-order valence-electron chi connectivity index (χ2n) is 4.76. The fraction of sp³-hybridized carbons (Fsp3) is 0.538. The highest BCUT2D eigenvalue weighted by Crippen LogP contribution is 2.26. The lowest BCUT2D eigenvalue weighted by atomic mass is 10.1. The molecule has 1 aromatic rings. The molecule has 20 heavy (non-hydrogen) atoms. The Hall–Kier alpha value is -1.27. The van der Waals surface area contributed by atoms with E-state index in [9.17, 15) is 9.59 Å². The van der Waals surface area contributed by atoms with E-state index in [0.717, 1.165) is 4.88 Å². The average molecular weight is 319 g/mol. The van der Waals surface area contributed by atoms with Gasteiger partial charge in [0.05, 0.1) is 10.4 Å². The maximum Gasteiger partial charge on any atom is 0.315 e. The number of carboxylic acid groups (broad SMARTS) is 1. The average Bonchev–Trinajstić information content (AvgIpc) is 2.80. The number of amides is 2. The summed E-state index contributed by atoms with van der Waals surface area (Å²) in [4.78, 5) is 23.1. The summed E-state index contributed by atoms with van der Waals surface area (Å²) in [6.07, 6.45) is 0.667. The van der Waals surface area contributed by atoms with Gasteiger partial charge >= 0.3 is 12.0 Å². The van der Waals surface area contributed by atoms with Crippen molar-refractivity contribution in [3.8, 4) is 0 Å². The molecule has 5 nitrogen and oxygen atoms in total. The molecule has 2 unspecified atom stereocenters. The fourth-order valence-electron chi connectivity index (χ4n) is 1.62. The third-order valence-electron chi connectivity index (χ3n) is 2.83. The normalized spacial score (nSPS) is 13.6. The number of halogens is 1. The Morgan fingerprint density at radius 1 is 1.40 bits per heavy atom. The van der Waals surface area contributed by atoms with Crippen LogP contribution in [0.5, 0.6) is 0 Å². The molecule has 0 aliphatic heterocycles. The Balaban J connectivity index is 2.27. The first kappa shape index (κ1) is 16.8. The minimum absolute atomic E-state index is 0.109. The van der Waals surface area contributed by atoms with Gasteiger partial charge in [-0.3, -0.25) is 4.79 Å². The molecular formula is C13H19ClN2O3S. The largest absolute Gasteiger partial charge is 0.481 e. The number of nitrogens with one attached hydrogen (secondary N) is 2. The molecule has 0 aliphatic rings. The fourth-order valence-corrected chi connectivity index (χ4v) is 2.68. The van der Waals surface area contributed by atoms with Crippen LogP contribution in [0.1, 0.15) is 37.6 Å². The van der Waals surface area contributed by atoms with Crippen LogP contribution in [0.25, 0.3) is 0 Å². The van der Waals surface area contributed by atoms with Crippen molar-refractivity contribution in [1.29, 1.82) is 0 Å². The number of thiophene rings is 1. The second-order valence-corrected chi connectivity index (χ2v) is 6.50. The minimum Gasteiger partial charge on any atom is -0.481 e. The number of urea groups is 1. The molecule has 0 aromatic carbocycles. The van der Waals surface area contributed by atoms with Crippen LogP contribution in [0.3, 0.4) is 0 Å². The minimum atomic E-state index is -0.815. The first-order valence-corrected chi connectivity index (χ1v) is 7.59. The molecule has 0 saturated carbocycles. The lowest BCUT2D eigenvalue weighted by Crippen LogP contribution is -2.39. The number of hydrogen-bond donors (Lipinski definition) is 3. The summed E-state index contributed by atoms with van der Waals surface area (Å²) in [5.74, 6) is -0.687. The molecule has 2 amide bonds. The van der Waals surface area contributed by atoms with Gasteiger partial charge in [-0.25, -0.2) is 4.79 Å². The van der Waals surface area contributed by atoms with Crippen molar-refractivity contribution in [3.63, 3.8) is 0 Å². The van der Waals surface area contributed by atoms with E-state index < -0.39 is 5.97 Å². The van der Waals surface area contributed by atoms with Crippen molar-refractivity contribution >= 4 is 34.9 Å². The monoisotopic (exact) mass is 318 g/mol. The molecule has 112 valence electrons. The maximum absolute atomic E-state index is 11.7. The van der Waals surface area contributed by atoms with Crippen molar-refractivity contribution < 1.29 is 14.7 Å². The van der Waals surface area contributed by atoms with Crippen molar-refractivity contribution in [1.82, 2.24) is 10.6 Å². The molecule has 0 aliphatic carbocycles. The van der Waals surface area contributed by atoms with E-state index in [4.69, 9.17) is 16.7 Å². The van der Waals surface area contributed by atoms with Gasteiger partial charge in [-0.05, 0) is 31.4 Å². The molecule has 1 heterocycles. The molecule has 2 atom stereocenters. The first-order chi connectivity index (χ1) is 9.38. The number of aliphatic carboxylic acids is 1. The van der Waals surface area contributed by atoms with Crippen LogP contribution in [0.15, 0.2) is 12.1 Å². The van der Waals surface area contributed by atoms with Crippen molar-refractivity contribution in [2.24, 2.45) is 5.92 Å². The zero-order chi connectivity index (χ0) is 15.1. The number of rotatable bonds is 7. The van der Waals surface area contributed by atoms with Crippen molar-refractivity contribution in [2.75, 3.05) is 6.54 Å². The van der Waals surface area contributed by atoms with E-state index in [-0.39, 0.29) is 24.4 Å². The lowest BCUT2D eigenvalue weighted by Gasteiger charge is -2.15. The summed E-state index contributed by atoms with van der Waals surface area (Å²) in [6, 6.07) is 3.31. The van der Waals surface area contributed by atoms with E-state index >= 15 is 0 Å². The highest BCUT2D eigenvalue weighted by atomic mass is 35.5. The van der Waals surface area contributed by atoms with Gasteiger partial charge in [0, 0.05) is 17.8 Å². The molecule has 0 fully saturated rings. The molecule has 1 aromatic heterocycles. The second kappa shape index (κ2) is 8.11. The van der Waals surface area contributed by atoms with Crippen molar-refractivity contribution in [3.05, 3.63) is 21.3 Å². The topological polar surface area (TPSA) is 78.4 Å². The Bertz CT molecular complexity index is 464. The predicted molar refractivity (Wildman–Crippen MR) is 80.3 cm³/mol. The summed E-state index contributed by atoms with van der Waals surface area (Å²) >= 11 is 7.28. The predicted octanol–water partition coefficient (Wildman–Crippen LogP) is 3.26.